The predicted molar refractivity (Wildman–Crippen MR) is 56.2 cm³/mol. The fourth-order valence-electron chi connectivity index (χ4n) is 1.80. The third kappa shape index (κ3) is 1.99. The van der Waals surface area contributed by atoms with Gasteiger partial charge in [0, 0.05) is 19.1 Å². The smallest absolute Gasteiger partial charge is 0.118 e. The van der Waals surface area contributed by atoms with Crippen LogP contribution in [0.5, 0.6) is 0 Å². The molecule has 0 spiro atoms. The first-order chi connectivity index (χ1) is 6.79. The van der Waals surface area contributed by atoms with E-state index in [1.54, 1.807) is 0 Å². The van der Waals surface area contributed by atoms with E-state index in [1.165, 1.54) is 0 Å². The molecule has 0 saturated carbocycles. The van der Waals surface area contributed by atoms with Crippen LogP contribution in [0, 0.1) is 6.92 Å². The fourth-order valence-corrected chi connectivity index (χ4v) is 1.80. The highest BCUT2D eigenvalue weighted by Crippen LogP contribution is 2.13. The number of nitrogens with one attached hydrogen (secondary N) is 1. The molecule has 0 aromatic carbocycles. The number of hydrogen-bond donors (Lipinski definition) is 1. The van der Waals surface area contributed by atoms with Crippen LogP contribution in [0.2, 0.25) is 0 Å². The summed E-state index contributed by atoms with van der Waals surface area (Å²) in [6, 6.07) is 4.80. The van der Waals surface area contributed by atoms with Gasteiger partial charge in [-0.15, -0.1) is 0 Å². The van der Waals surface area contributed by atoms with Gasteiger partial charge in [0.15, 0.2) is 0 Å². The van der Waals surface area contributed by atoms with Crippen molar-refractivity contribution in [3.05, 3.63) is 23.7 Å². The zero-order valence-electron chi connectivity index (χ0n) is 8.92. The second kappa shape index (κ2) is 4.15. The first-order valence-electron chi connectivity index (χ1n) is 5.29. The number of aryl methyl sites for hydroxylation is 1. The molecule has 1 aliphatic rings. The first kappa shape index (κ1) is 9.74. The molecule has 0 atom stereocenters. The number of likely N-dealkylation sites (N-methyl/N-ethyl adjacent to an activating group) is 1. The Labute approximate surface area is 85.1 Å². The largest absolute Gasteiger partial charge is 0.465 e. The van der Waals surface area contributed by atoms with Gasteiger partial charge in [-0.1, -0.05) is 6.92 Å². The van der Waals surface area contributed by atoms with E-state index in [0.717, 1.165) is 37.7 Å². The van der Waals surface area contributed by atoms with Gasteiger partial charge in [0.05, 0.1) is 6.54 Å². The minimum atomic E-state index is 0.699. The molecule has 0 aliphatic carbocycles. The molecular formula is C11H18N2O. The summed E-state index contributed by atoms with van der Waals surface area (Å²) in [4.78, 5) is 2.45. The second-order valence-corrected chi connectivity index (χ2v) is 3.89. The van der Waals surface area contributed by atoms with Gasteiger partial charge in [-0.05, 0) is 25.6 Å². The van der Waals surface area contributed by atoms with Gasteiger partial charge in [-0.3, -0.25) is 4.90 Å². The minimum Gasteiger partial charge on any atom is -0.465 e. The summed E-state index contributed by atoms with van der Waals surface area (Å²) in [5.74, 6) is 2.08. The molecule has 78 valence electrons. The summed E-state index contributed by atoms with van der Waals surface area (Å²) >= 11 is 0. The topological polar surface area (TPSA) is 28.4 Å². The maximum Gasteiger partial charge on any atom is 0.118 e. The van der Waals surface area contributed by atoms with Crippen LogP contribution in [0.25, 0.3) is 0 Å². The minimum absolute atomic E-state index is 0.699. The Kier molecular flexibility index (Phi) is 2.89. The molecule has 0 unspecified atom stereocenters. The van der Waals surface area contributed by atoms with E-state index in [0.29, 0.717) is 6.04 Å². The van der Waals surface area contributed by atoms with Crippen molar-refractivity contribution in [3.8, 4) is 0 Å². The Morgan fingerprint density at radius 2 is 2.29 bits per heavy atom. The maximum atomic E-state index is 5.57. The van der Waals surface area contributed by atoms with Gasteiger partial charge in [0.2, 0.25) is 0 Å². The molecule has 0 radical (unpaired) electrons. The molecule has 1 aliphatic heterocycles. The average molecular weight is 194 g/mol. The summed E-state index contributed by atoms with van der Waals surface area (Å²) in [5.41, 5.74) is 0. The summed E-state index contributed by atoms with van der Waals surface area (Å²) in [6.07, 6.45) is 0. The second-order valence-electron chi connectivity index (χ2n) is 3.89. The molecule has 3 heteroatoms. The SMILES string of the molecule is CCN(Cc1ccc(C)o1)C1CNC1. The maximum absolute atomic E-state index is 5.57. The molecular weight excluding hydrogens is 176 g/mol. The van der Waals surface area contributed by atoms with Crippen molar-refractivity contribution >= 4 is 0 Å². The Bertz CT molecular complexity index is 291. The van der Waals surface area contributed by atoms with E-state index >= 15 is 0 Å². The van der Waals surface area contributed by atoms with Crippen molar-refractivity contribution < 1.29 is 4.42 Å². The molecule has 1 aromatic heterocycles. The molecule has 3 nitrogen and oxygen atoms in total. The molecule has 2 rings (SSSR count). The third-order valence-electron chi connectivity index (χ3n) is 2.84. The number of hydrogen-bond acceptors (Lipinski definition) is 3. The van der Waals surface area contributed by atoms with Crippen molar-refractivity contribution in [2.24, 2.45) is 0 Å². The van der Waals surface area contributed by atoms with Gasteiger partial charge in [0.1, 0.15) is 11.5 Å². The normalized spacial score (nSPS) is 17.4. The Morgan fingerprint density at radius 3 is 2.71 bits per heavy atom. The van der Waals surface area contributed by atoms with Crippen LogP contribution in [0.15, 0.2) is 16.5 Å². The van der Waals surface area contributed by atoms with Crippen molar-refractivity contribution in [2.45, 2.75) is 26.4 Å². The van der Waals surface area contributed by atoms with Crippen molar-refractivity contribution in [3.63, 3.8) is 0 Å². The lowest BCUT2D eigenvalue weighted by Gasteiger charge is -2.37. The Hall–Kier alpha value is -0.800. The Morgan fingerprint density at radius 1 is 1.50 bits per heavy atom. The average Bonchev–Trinajstić information content (AvgIpc) is 2.47. The molecule has 1 N–H and O–H groups in total. The zero-order valence-corrected chi connectivity index (χ0v) is 8.92. The van der Waals surface area contributed by atoms with E-state index < -0.39 is 0 Å². The number of furan rings is 1. The fraction of sp³-hybridized carbons (Fsp3) is 0.636. The predicted octanol–water partition coefficient (Wildman–Crippen LogP) is 1.38. The quantitative estimate of drug-likeness (QED) is 0.785. The van der Waals surface area contributed by atoms with Crippen LogP contribution >= 0.6 is 0 Å². The van der Waals surface area contributed by atoms with Crippen LogP contribution in [-0.2, 0) is 6.54 Å². The van der Waals surface area contributed by atoms with Crippen LogP contribution < -0.4 is 5.32 Å². The highest BCUT2D eigenvalue weighted by molar-refractivity contribution is 5.06. The van der Waals surface area contributed by atoms with Crippen LogP contribution in [0.1, 0.15) is 18.4 Å². The van der Waals surface area contributed by atoms with E-state index in [-0.39, 0.29) is 0 Å². The van der Waals surface area contributed by atoms with Crippen LogP contribution in [-0.4, -0.2) is 30.6 Å². The van der Waals surface area contributed by atoms with Crippen molar-refractivity contribution in [1.82, 2.24) is 10.2 Å². The van der Waals surface area contributed by atoms with E-state index in [2.05, 4.69) is 23.2 Å². The van der Waals surface area contributed by atoms with Crippen LogP contribution in [0.4, 0.5) is 0 Å². The zero-order chi connectivity index (χ0) is 9.97. The Balaban J connectivity index is 1.93. The first-order valence-corrected chi connectivity index (χ1v) is 5.29. The lowest BCUT2D eigenvalue weighted by Crippen LogP contribution is -2.56. The molecule has 1 fully saturated rings. The number of rotatable bonds is 4. The van der Waals surface area contributed by atoms with E-state index in [1.807, 2.05) is 13.0 Å². The molecule has 1 saturated heterocycles. The summed E-state index contributed by atoms with van der Waals surface area (Å²) in [7, 11) is 0. The van der Waals surface area contributed by atoms with Gasteiger partial charge in [0.25, 0.3) is 0 Å². The molecule has 2 heterocycles. The van der Waals surface area contributed by atoms with Gasteiger partial charge in [-0.25, -0.2) is 0 Å². The van der Waals surface area contributed by atoms with Gasteiger partial charge in [-0.2, -0.15) is 0 Å². The summed E-state index contributed by atoms with van der Waals surface area (Å²) in [5, 5.41) is 3.29. The van der Waals surface area contributed by atoms with E-state index in [4.69, 9.17) is 4.42 Å². The third-order valence-corrected chi connectivity index (χ3v) is 2.84. The van der Waals surface area contributed by atoms with E-state index in [9.17, 15) is 0 Å². The summed E-state index contributed by atoms with van der Waals surface area (Å²) in [6.45, 7) is 8.46. The van der Waals surface area contributed by atoms with Gasteiger partial charge >= 0.3 is 0 Å². The summed E-state index contributed by atoms with van der Waals surface area (Å²) < 4.78 is 5.57. The van der Waals surface area contributed by atoms with Gasteiger partial charge < -0.3 is 9.73 Å². The highest BCUT2D eigenvalue weighted by Gasteiger charge is 2.23. The number of nitrogens with zero attached hydrogens (tertiary/aromatic N) is 1. The monoisotopic (exact) mass is 194 g/mol. The molecule has 0 amide bonds. The standard InChI is InChI=1S/C11H18N2O/c1-3-13(10-6-12-7-10)8-11-5-4-9(2)14-11/h4-5,10,12H,3,6-8H2,1-2H3. The molecule has 1 aromatic rings. The lowest BCUT2D eigenvalue weighted by atomic mass is 10.1. The lowest BCUT2D eigenvalue weighted by molar-refractivity contribution is 0.135. The van der Waals surface area contributed by atoms with Crippen molar-refractivity contribution in [1.29, 1.82) is 0 Å². The molecule has 0 bridgehead atoms. The highest BCUT2D eigenvalue weighted by atomic mass is 16.3. The van der Waals surface area contributed by atoms with Crippen LogP contribution in [0.3, 0.4) is 0 Å². The molecule has 14 heavy (non-hydrogen) atoms. The van der Waals surface area contributed by atoms with Crippen molar-refractivity contribution in [2.75, 3.05) is 19.6 Å².